The van der Waals surface area contributed by atoms with Crippen molar-refractivity contribution in [1.29, 1.82) is 0 Å². The molecule has 1 amide bonds. The van der Waals surface area contributed by atoms with Crippen LogP contribution in [-0.2, 0) is 4.74 Å². The number of hydrogen-bond donors (Lipinski definition) is 1. The Morgan fingerprint density at radius 2 is 1.93 bits per heavy atom. The highest BCUT2D eigenvalue weighted by atomic mass is 16.5. The minimum Gasteiger partial charge on any atom is -0.376 e. The Labute approximate surface area is 163 Å². The lowest BCUT2D eigenvalue weighted by atomic mass is 10.0. The first-order valence-corrected chi connectivity index (χ1v) is 9.78. The van der Waals surface area contributed by atoms with Crippen molar-refractivity contribution in [1.82, 2.24) is 9.88 Å². The number of ether oxygens (including phenoxy) is 1. The summed E-state index contributed by atoms with van der Waals surface area (Å²) in [5, 5.41) is 1.57. The van der Waals surface area contributed by atoms with Gasteiger partial charge in [0, 0.05) is 36.8 Å². The Morgan fingerprint density at radius 3 is 2.64 bits per heavy atom. The molecule has 144 valence electrons. The van der Waals surface area contributed by atoms with Gasteiger partial charge in [-0.1, -0.05) is 18.2 Å². The van der Waals surface area contributed by atoms with Crippen LogP contribution in [0.5, 0.6) is 0 Å². The topological polar surface area (TPSA) is 62.4 Å². The molecule has 1 aliphatic heterocycles. The smallest absolute Gasteiger partial charge is 0.255 e. The summed E-state index contributed by atoms with van der Waals surface area (Å²) in [7, 11) is 0. The van der Waals surface area contributed by atoms with E-state index in [1.54, 1.807) is 6.20 Å². The minimum absolute atomic E-state index is 0.0367. The third-order valence-corrected chi connectivity index (χ3v) is 5.36. The van der Waals surface area contributed by atoms with Crippen molar-refractivity contribution in [3.8, 4) is 11.1 Å². The van der Waals surface area contributed by atoms with Gasteiger partial charge in [-0.15, -0.1) is 0 Å². The molecule has 0 unspecified atom stereocenters. The lowest BCUT2D eigenvalue weighted by molar-refractivity contribution is 0.0539. The first kappa shape index (κ1) is 18.4. The van der Waals surface area contributed by atoms with Gasteiger partial charge in [-0.05, 0) is 66.6 Å². The van der Waals surface area contributed by atoms with E-state index in [1.807, 2.05) is 60.4 Å². The molecule has 4 rings (SSSR count). The second kappa shape index (κ2) is 7.98. The van der Waals surface area contributed by atoms with E-state index in [2.05, 4.69) is 4.98 Å². The maximum atomic E-state index is 12.9. The van der Waals surface area contributed by atoms with Gasteiger partial charge in [-0.3, -0.25) is 9.59 Å². The van der Waals surface area contributed by atoms with E-state index in [9.17, 15) is 9.59 Å². The molecule has 0 bridgehead atoms. The lowest BCUT2D eigenvalue weighted by Crippen LogP contribution is -2.37. The monoisotopic (exact) mass is 376 g/mol. The van der Waals surface area contributed by atoms with Gasteiger partial charge in [0.05, 0.1) is 6.10 Å². The molecular formula is C23H24N2O3. The number of carbonyl (C=O) groups excluding carboxylic acids is 1. The van der Waals surface area contributed by atoms with Gasteiger partial charge in [-0.2, -0.15) is 0 Å². The fourth-order valence-electron chi connectivity index (χ4n) is 3.75. The molecule has 5 heteroatoms. The predicted molar refractivity (Wildman–Crippen MR) is 111 cm³/mol. The normalized spacial score (nSPS) is 16.4. The number of benzene rings is 2. The van der Waals surface area contributed by atoms with Gasteiger partial charge in [0.1, 0.15) is 0 Å². The molecule has 0 spiro atoms. The Bertz CT molecular complexity index is 1030. The summed E-state index contributed by atoms with van der Waals surface area (Å²) in [5.74, 6) is 0.0367. The van der Waals surface area contributed by atoms with Crippen LogP contribution in [0.4, 0.5) is 0 Å². The Hall–Kier alpha value is -2.92. The van der Waals surface area contributed by atoms with Crippen LogP contribution in [0.25, 0.3) is 21.9 Å². The zero-order chi connectivity index (χ0) is 19.5. The van der Waals surface area contributed by atoms with Crippen molar-refractivity contribution >= 4 is 16.7 Å². The van der Waals surface area contributed by atoms with Gasteiger partial charge in [0.15, 0.2) is 0 Å². The number of H-pyrrole nitrogens is 1. The van der Waals surface area contributed by atoms with E-state index in [0.717, 1.165) is 36.0 Å². The number of carbonyl (C=O) groups is 1. The van der Waals surface area contributed by atoms with E-state index < -0.39 is 0 Å². The van der Waals surface area contributed by atoms with Gasteiger partial charge < -0.3 is 14.6 Å². The Kier molecular flexibility index (Phi) is 5.26. The first-order chi connectivity index (χ1) is 13.7. The zero-order valence-corrected chi connectivity index (χ0v) is 16.0. The molecule has 2 heterocycles. The molecule has 28 heavy (non-hydrogen) atoms. The van der Waals surface area contributed by atoms with E-state index in [0.29, 0.717) is 24.0 Å². The molecule has 0 aliphatic carbocycles. The van der Waals surface area contributed by atoms with Crippen LogP contribution in [-0.4, -0.2) is 41.6 Å². The lowest BCUT2D eigenvalue weighted by Gasteiger charge is -2.24. The molecule has 5 nitrogen and oxygen atoms in total. The van der Waals surface area contributed by atoms with Crippen LogP contribution in [0.2, 0.25) is 0 Å². The minimum atomic E-state index is -0.0871. The van der Waals surface area contributed by atoms with Crippen molar-refractivity contribution in [2.45, 2.75) is 25.9 Å². The highest BCUT2D eigenvalue weighted by molar-refractivity contribution is 5.95. The molecule has 1 fully saturated rings. The van der Waals surface area contributed by atoms with Crippen LogP contribution in [0.1, 0.15) is 30.1 Å². The summed E-state index contributed by atoms with van der Waals surface area (Å²) < 4.78 is 5.67. The molecule has 1 aromatic heterocycles. The van der Waals surface area contributed by atoms with Crippen LogP contribution < -0.4 is 5.56 Å². The fraction of sp³-hybridized carbons (Fsp3) is 0.304. The van der Waals surface area contributed by atoms with E-state index >= 15 is 0 Å². The average Bonchev–Trinajstić information content (AvgIpc) is 3.25. The number of fused-ring (bicyclic) bond motifs is 1. The number of pyridine rings is 1. The summed E-state index contributed by atoms with van der Waals surface area (Å²) in [6.07, 6.45) is 3.91. The molecular weight excluding hydrogens is 352 g/mol. The SMILES string of the molecule is CCN(C[C@@H]1CCCO1)C(=O)c1ccc(-c2ccc3c(=O)[nH]ccc3c2)cc1. The number of rotatable bonds is 5. The molecule has 1 aliphatic rings. The largest absolute Gasteiger partial charge is 0.376 e. The van der Waals surface area contributed by atoms with Gasteiger partial charge >= 0.3 is 0 Å². The van der Waals surface area contributed by atoms with Crippen LogP contribution >= 0.6 is 0 Å². The number of aromatic amines is 1. The summed E-state index contributed by atoms with van der Waals surface area (Å²) >= 11 is 0. The van der Waals surface area contributed by atoms with Crippen molar-refractivity contribution in [3.63, 3.8) is 0 Å². The van der Waals surface area contributed by atoms with E-state index in [-0.39, 0.29) is 17.6 Å². The molecule has 1 saturated heterocycles. The third kappa shape index (κ3) is 3.71. The third-order valence-electron chi connectivity index (χ3n) is 5.36. The van der Waals surface area contributed by atoms with Crippen molar-refractivity contribution in [2.75, 3.05) is 19.7 Å². The van der Waals surface area contributed by atoms with E-state index in [1.165, 1.54) is 0 Å². The second-order valence-corrected chi connectivity index (χ2v) is 7.16. The number of nitrogens with zero attached hydrogens (tertiary/aromatic N) is 1. The maximum absolute atomic E-state index is 12.9. The van der Waals surface area contributed by atoms with Crippen molar-refractivity contribution in [3.05, 3.63) is 70.6 Å². The summed E-state index contributed by atoms with van der Waals surface area (Å²) in [5.41, 5.74) is 2.63. The predicted octanol–water partition coefficient (Wildman–Crippen LogP) is 3.84. The molecule has 0 radical (unpaired) electrons. The summed E-state index contributed by atoms with van der Waals surface area (Å²) in [6.45, 7) is 4.11. The molecule has 2 aromatic carbocycles. The Morgan fingerprint density at radius 1 is 1.14 bits per heavy atom. The number of nitrogens with one attached hydrogen (secondary N) is 1. The quantitative estimate of drug-likeness (QED) is 0.736. The molecule has 3 aromatic rings. The first-order valence-electron chi connectivity index (χ1n) is 9.78. The molecule has 0 saturated carbocycles. The summed E-state index contributed by atoms with van der Waals surface area (Å²) in [4.78, 5) is 29.3. The molecule has 1 N–H and O–H groups in total. The fourth-order valence-corrected chi connectivity index (χ4v) is 3.75. The number of aromatic nitrogens is 1. The van der Waals surface area contributed by atoms with Crippen LogP contribution in [0, 0.1) is 0 Å². The standard InChI is InChI=1S/C23H24N2O3/c1-2-25(15-20-4-3-13-28-20)23(27)17-7-5-16(6-8-17)18-9-10-21-19(14-18)11-12-24-22(21)26/h5-12,14,20H,2-4,13,15H2,1H3,(H,24,26)/t20-/m0/s1. The van der Waals surface area contributed by atoms with Gasteiger partial charge in [0.2, 0.25) is 0 Å². The van der Waals surface area contributed by atoms with Crippen LogP contribution in [0.3, 0.4) is 0 Å². The van der Waals surface area contributed by atoms with Crippen molar-refractivity contribution in [2.24, 2.45) is 0 Å². The maximum Gasteiger partial charge on any atom is 0.255 e. The number of likely N-dealkylation sites (N-methyl/N-ethyl adjacent to an activating group) is 1. The van der Waals surface area contributed by atoms with Crippen LogP contribution in [0.15, 0.2) is 59.5 Å². The highest BCUT2D eigenvalue weighted by Gasteiger charge is 2.22. The van der Waals surface area contributed by atoms with Gasteiger partial charge in [0.25, 0.3) is 11.5 Å². The number of amides is 1. The number of hydrogen-bond acceptors (Lipinski definition) is 3. The Balaban J connectivity index is 1.54. The zero-order valence-electron chi connectivity index (χ0n) is 16.0. The highest BCUT2D eigenvalue weighted by Crippen LogP contribution is 2.24. The second-order valence-electron chi connectivity index (χ2n) is 7.16. The van der Waals surface area contributed by atoms with E-state index in [4.69, 9.17) is 4.74 Å². The average molecular weight is 376 g/mol. The van der Waals surface area contributed by atoms with Gasteiger partial charge in [-0.25, -0.2) is 0 Å². The van der Waals surface area contributed by atoms with Crippen molar-refractivity contribution < 1.29 is 9.53 Å². The summed E-state index contributed by atoms with van der Waals surface area (Å²) in [6, 6.07) is 15.3. The molecule has 1 atom stereocenters.